The highest BCUT2D eigenvalue weighted by Crippen LogP contribution is 1.96. The van der Waals surface area contributed by atoms with E-state index < -0.39 is 12.0 Å². The van der Waals surface area contributed by atoms with Crippen LogP contribution in [0.15, 0.2) is 0 Å². The molecule has 1 atom stereocenters. The highest BCUT2D eigenvalue weighted by Gasteiger charge is 2.18. The second-order valence-electron chi connectivity index (χ2n) is 3.98. The maximum absolute atomic E-state index is 10.4. The van der Waals surface area contributed by atoms with Gasteiger partial charge in [-0.05, 0) is 19.4 Å². The van der Waals surface area contributed by atoms with Crippen LogP contribution in [0.25, 0.3) is 0 Å². The Kier molecular flexibility index (Phi) is 7.64. The average Bonchev–Trinajstić information content (AvgIpc) is 2.57. The molecule has 0 saturated carbocycles. The molecule has 1 heterocycles. The van der Waals surface area contributed by atoms with Gasteiger partial charge in [0.15, 0.2) is 5.96 Å². The van der Waals surface area contributed by atoms with Gasteiger partial charge in [-0.2, -0.15) is 0 Å². The molecular formula is C10H21N5O3. The van der Waals surface area contributed by atoms with Gasteiger partial charge in [0.05, 0.1) is 6.54 Å². The van der Waals surface area contributed by atoms with Crippen LogP contribution in [-0.2, 0) is 9.59 Å². The number of aliphatic carboxylic acids is 1. The summed E-state index contributed by atoms with van der Waals surface area (Å²) in [7, 11) is 1.69. The zero-order valence-corrected chi connectivity index (χ0v) is 10.5. The van der Waals surface area contributed by atoms with Crippen LogP contribution in [0, 0.1) is 5.41 Å². The van der Waals surface area contributed by atoms with Crippen LogP contribution in [0.5, 0.6) is 0 Å². The third kappa shape index (κ3) is 6.81. The van der Waals surface area contributed by atoms with E-state index in [1.165, 1.54) is 0 Å². The molecule has 1 aliphatic rings. The minimum absolute atomic E-state index is 0.0995. The van der Waals surface area contributed by atoms with Crippen molar-refractivity contribution in [3.63, 3.8) is 0 Å². The molecule has 0 aromatic rings. The fourth-order valence-corrected chi connectivity index (χ4v) is 1.19. The fourth-order valence-electron chi connectivity index (χ4n) is 1.19. The van der Waals surface area contributed by atoms with Gasteiger partial charge in [-0.3, -0.25) is 20.3 Å². The molecule has 104 valence electrons. The molecule has 1 rings (SSSR count). The third-order valence-electron chi connectivity index (χ3n) is 2.31. The Morgan fingerprint density at radius 2 is 2.22 bits per heavy atom. The summed E-state index contributed by atoms with van der Waals surface area (Å²) >= 11 is 0. The van der Waals surface area contributed by atoms with Crippen LogP contribution in [-0.4, -0.2) is 54.0 Å². The first-order valence-electron chi connectivity index (χ1n) is 5.66. The van der Waals surface area contributed by atoms with Crippen molar-refractivity contribution in [2.45, 2.75) is 25.3 Å². The number of nitrogens with one attached hydrogen (secondary N) is 2. The van der Waals surface area contributed by atoms with Crippen molar-refractivity contribution in [3.05, 3.63) is 0 Å². The first-order chi connectivity index (χ1) is 8.38. The average molecular weight is 259 g/mol. The van der Waals surface area contributed by atoms with E-state index in [0.29, 0.717) is 19.5 Å². The van der Waals surface area contributed by atoms with E-state index in [0.717, 1.165) is 12.8 Å². The number of nitrogens with two attached hydrogens (primary N) is 2. The second-order valence-corrected chi connectivity index (χ2v) is 3.98. The number of rotatable bonds is 5. The Morgan fingerprint density at radius 1 is 1.61 bits per heavy atom. The van der Waals surface area contributed by atoms with E-state index in [1.807, 2.05) is 0 Å². The van der Waals surface area contributed by atoms with E-state index in [-0.39, 0.29) is 11.9 Å². The molecule has 1 saturated heterocycles. The van der Waals surface area contributed by atoms with Crippen LogP contribution in [0.2, 0.25) is 0 Å². The molecular weight excluding hydrogens is 238 g/mol. The summed E-state index contributed by atoms with van der Waals surface area (Å²) in [6.07, 6.45) is 2.16. The lowest BCUT2D eigenvalue weighted by Gasteiger charge is -2.03. The Morgan fingerprint density at radius 3 is 2.50 bits per heavy atom. The van der Waals surface area contributed by atoms with Gasteiger partial charge in [-0.1, -0.05) is 6.42 Å². The zero-order valence-electron chi connectivity index (χ0n) is 10.5. The molecule has 0 bridgehead atoms. The summed E-state index contributed by atoms with van der Waals surface area (Å²) < 4.78 is 0. The summed E-state index contributed by atoms with van der Waals surface area (Å²) in [6.45, 7) is 0.922. The smallest absolute Gasteiger partial charge is 0.320 e. The molecule has 0 spiro atoms. The number of likely N-dealkylation sites (N-methyl/N-ethyl adjacent to an activating group) is 1. The van der Waals surface area contributed by atoms with Gasteiger partial charge in [0.2, 0.25) is 5.91 Å². The predicted octanol–water partition coefficient (Wildman–Crippen LogP) is -1.49. The van der Waals surface area contributed by atoms with Crippen molar-refractivity contribution in [1.29, 1.82) is 5.41 Å². The van der Waals surface area contributed by atoms with Crippen LogP contribution in [0.3, 0.4) is 0 Å². The Balaban J connectivity index is 0.000000327. The standard InChI is InChI=1S/C6H14N2O2.C4H7N3O/c7-4-2-1-3-5(8)6(9)10;1-7-2-3(8)6-4(7)5/h5H,1-4,7-8H2,(H,9,10);2H2,1H3,(H2,5,6,8). The highest BCUT2D eigenvalue weighted by atomic mass is 16.4. The van der Waals surface area contributed by atoms with E-state index in [4.69, 9.17) is 22.0 Å². The Bertz CT molecular complexity index is 308. The topological polar surface area (TPSA) is 146 Å². The molecule has 7 N–H and O–H groups in total. The number of nitrogens with zero attached hydrogens (tertiary/aromatic N) is 1. The number of unbranched alkanes of at least 4 members (excludes halogenated alkanes) is 1. The largest absolute Gasteiger partial charge is 0.480 e. The molecule has 8 nitrogen and oxygen atoms in total. The van der Waals surface area contributed by atoms with Crippen molar-refractivity contribution < 1.29 is 14.7 Å². The van der Waals surface area contributed by atoms with Gasteiger partial charge in [-0.15, -0.1) is 0 Å². The lowest BCUT2D eigenvalue weighted by atomic mass is 10.1. The fraction of sp³-hybridized carbons (Fsp3) is 0.700. The van der Waals surface area contributed by atoms with Crippen LogP contribution >= 0.6 is 0 Å². The molecule has 0 aromatic carbocycles. The van der Waals surface area contributed by atoms with Crippen LogP contribution < -0.4 is 16.8 Å². The summed E-state index contributed by atoms with van der Waals surface area (Å²) in [5, 5.41) is 17.6. The Labute approximate surface area is 106 Å². The highest BCUT2D eigenvalue weighted by molar-refractivity contribution is 6.02. The zero-order chi connectivity index (χ0) is 14.1. The second kappa shape index (κ2) is 8.43. The Hall–Kier alpha value is -1.67. The van der Waals surface area contributed by atoms with Crippen molar-refractivity contribution >= 4 is 17.8 Å². The van der Waals surface area contributed by atoms with Gasteiger partial charge in [-0.25, -0.2) is 0 Å². The van der Waals surface area contributed by atoms with Crippen LogP contribution in [0.4, 0.5) is 0 Å². The van der Waals surface area contributed by atoms with Crippen molar-refractivity contribution in [3.8, 4) is 0 Å². The number of guanidine groups is 1. The predicted molar refractivity (Wildman–Crippen MR) is 67.0 cm³/mol. The molecule has 1 amide bonds. The van der Waals surface area contributed by atoms with E-state index in [9.17, 15) is 9.59 Å². The van der Waals surface area contributed by atoms with Gasteiger partial charge in [0.25, 0.3) is 0 Å². The van der Waals surface area contributed by atoms with Crippen LogP contribution in [0.1, 0.15) is 19.3 Å². The minimum atomic E-state index is -0.933. The molecule has 0 radical (unpaired) electrons. The maximum Gasteiger partial charge on any atom is 0.320 e. The van der Waals surface area contributed by atoms with Crippen molar-refractivity contribution in [2.24, 2.45) is 11.5 Å². The van der Waals surface area contributed by atoms with Gasteiger partial charge in [0, 0.05) is 7.05 Å². The van der Waals surface area contributed by atoms with E-state index in [1.54, 1.807) is 11.9 Å². The normalized spacial score (nSPS) is 15.8. The number of hydrogen-bond acceptors (Lipinski definition) is 5. The number of carboxylic acids is 1. The maximum atomic E-state index is 10.4. The number of hydrogen-bond donors (Lipinski definition) is 5. The number of carbonyl (C=O) groups is 2. The molecule has 0 aliphatic carbocycles. The number of carbonyl (C=O) groups excluding carboxylic acids is 1. The number of carboxylic acid groups (broad SMARTS) is 1. The van der Waals surface area contributed by atoms with Crippen molar-refractivity contribution in [1.82, 2.24) is 10.2 Å². The van der Waals surface area contributed by atoms with Gasteiger partial charge in [0.1, 0.15) is 6.04 Å². The minimum Gasteiger partial charge on any atom is -0.480 e. The molecule has 1 fully saturated rings. The van der Waals surface area contributed by atoms with E-state index >= 15 is 0 Å². The quantitative estimate of drug-likeness (QED) is 0.380. The number of amides is 1. The van der Waals surface area contributed by atoms with Gasteiger partial charge < -0.3 is 21.5 Å². The lowest BCUT2D eigenvalue weighted by molar-refractivity contribution is -0.138. The summed E-state index contributed by atoms with van der Waals surface area (Å²) in [6, 6.07) is -0.716. The molecule has 0 aromatic heterocycles. The van der Waals surface area contributed by atoms with Gasteiger partial charge >= 0.3 is 5.97 Å². The molecule has 1 unspecified atom stereocenters. The summed E-state index contributed by atoms with van der Waals surface area (Å²) in [5.74, 6) is -0.843. The molecule has 18 heavy (non-hydrogen) atoms. The third-order valence-corrected chi connectivity index (χ3v) is 2.31. The SMILES string of the molecule is CN1CC(=O)NC1=N.NCCCCC(N)C(=O)O. The van der Waals surface area contributed by atoms with Crippen molar-refractivity contribution in [2.75, 3.05) is 20.1 Å². The first-order valence-corrected chi connectivity index (χ1v) is 5.66. The summed E-state index contributed by atoms with van der Waals surface area (Å²) in [4.78, 5) is 22.1. The molecule has 1 aliphatic heterocycles. The monoisotopic (exact) mass is 259 g/mol. The first kappa shape index (κ1) is 16.3. The lowest BCUT2D eigenvalue weighted by Crippen LogP contribution is -2.29. The molecule has 8 heteroatoms. The van der Waals surface area contributed by atoms with E-state index in [2.05, 4.69) is 5.32 Å². The summed E-state index contributed by atoms with van der Waals surface area (Å²) in [5.41, 5.74) is 10.4.